The van der Waals surface area contributed by atoms with Gasteiger partial charge in [0.25, 0.3) is 0 Å². The molecule has 3 aromatic rings. The van der Waals surface area contributed by atoms with Crippen LogP contribution in [0.2, 0.25) is 0 Å². The number of carbonyl (C=O) groups is 1. The van der Waals surface area contributed by atoms with E-state index in [1.807, 2.05) is 28.9 Å². The summed E-state index contributed by atoms with van der Waals surface area (Å²) >= 11 is 0. The van der Waals surface area contributed by atoms with E-state index in [4.69, 9.17) is 4.74 Å². The molecule has 0 radical (unpaired) electrons. The first-order valence-electron chi connectivity index (χ1n) is 6.31. The average Bonchev–Trinajstić information content (AvgIpc) is 2.90. The van der Waals surface area contributed by atoms with Gasteiger partial charge in [0, 0.05) is 18.0 Å². The Hall–Kier alpha value is -2.62. The summed E-state index contributed by atoms with van der Waals surface area (Å²) < 4.78 is 6.60. The van der Waals surface area contributed by atoms with Crippen molar-refractivity contribution in [3.05, 3.63) is 59.9 Å². The summed E-state index contributed by atoms with van der Waals surface area (Å²) in [5.41, 5.74) is 4.38. The van der Waals surface area contributed by atoms with E-state index in [1.165, 1.54) is 12.7 Å². The second-order valence-corrected chi connectivity index (χ2v) is 4.66. The maximum Gasteiger partial charge on any atom is 0.338 e. The van der Waals surface area contributed by atoms with Crippen molar-refractivity contribution in [1.82, 2.24) is 9.38 Å². The normalized spacial score (nSPS) is 10.7. The summed E-state index contributed by atoms with van der Waals surface area (Å²) in [6.07, 6.45) is 3.76. The Labute approximate surface area is 116 Å². The molecule has 0 aliphatic heterocycles. The molecule has 4 nitrogen and oxygen atoms in total. The van der Waals surface area contributed by atoms with Gasteiger partial charge >= 0.3 is 5.97 Å². The Morgan fingerprint density at radius 1 is 1.20 bits per heavy atom. The van der Waals surface area contributed by atoms with Crippen LogP contribution in [0.4, 0.5) is 0 Å². The van der Waals surface area contributed by atoms with Gasteiger partial charge < -0.3 is 9.14 Å². The molecule has 3 rings (SSSR count). The highest BCUT2D eigenvalue weighted by atomic mass is 16.5. The number of esters is 1. The standard InChI is InChI=1S/C16H14N2O2/c1-11-3-5-12(6-4-11)14-10-18-8-7-13(16(19)20-2)9-15(18)17-14/h3-10H,1-2H3. The van der Waals surface area contributed by atoms with Crippen LogP contribution in [0.1, 0.15) is 15.9 Å². The monoisotopic (exact) mass is 266 g/mol. The summed E-state index contributed by atoms with van der Waals surface area (Å²) in [4.78, 5) is 16.1. The van der Waals surface area contributed by atoms with Crippen molar-refractivity contribution in [2.24, 2.45) is 0 Å². The van der Waals surface area contributed by atoms with Gasteiger partial charge in [0.1, 0.15) is 5.65 Å². The molecule has 0 saturated carbocycles. The zero-order valence-electron chi connectivity index (χ0n) is 11.3. The summed E-state index contributed by atoms with van der Waals surface area (Å²) in [5.74, 6) is -0.354. The summed E-state index contributed by atoms with van der Waals surface area (Å²) in [6, 6.07) is 11.6. The predicted molar refractivity (Wildman–Crippen MR) is 76.7 cm³/mol. The molecule has 20 heavy (non-hydrogen) atoms. The van der Waals surface area contributed by atoms with Gasteiger partial charge in [-0.05, 0) is 19.1 Å². The second-order valence-electron chi connectivity index (χ2n) is 4.66. The zero-order chi connectivity index (χ0) is 14.1. The Morgan fingerprint density at radius 3 is 2.65 bits per heavy atom. The number of benzene rings is 1. The zero-order valence-corrected chi connectivity index (χ0v) is 11.3. The number of ether oxygens (including phenoxy) is 1. The van der Waals surface area contributed by atoms with Gasteiger partial charge in [-0.1, -0.05) is 29.8 Å². The number of carbonyl (C=O) groups excluding carboxylic acids is 1. The van der Waals surface area contributed by atoms with Crippen molar-refractivity contribution in [1.29, 1.82) is 0 Å². The van der Waals surface area contributed by atoms with Crippen LogP contribution in [0.25, 0.3) is 16.9 Å². The van der Waals surface area contributed by atoms with E-state index in [1.54, 1.807) is 12.1 Å². The number of fused-ring (bicyclic) bond motifs is 1. The number of rotatable bonds is 2. The Morgan fingerprint density at radius 2 is 1.95 bits per heavy atom. The number of aryl methyl sites for hydroxylation is 1. The van der Waals surface area contributed by atoms with E-state index in [2.05, 4.69) is 24.0 Å². The predicted octanol–water partition coefficient (Wildman–Crippen LogP) is 3.10. The third-order valence-electron chi connectivity index (χ3n) is 3.23. The van der Waals surface area contributed by atoms with Crippen LogP contribution >= 0.6 is 0 Å². The first-order chi connectivity index (χ1) is 9.67. The molecule has 0 bridgehead atoms. The van der Waals surface area contributed by atoms with Crippen molar-refractivity contribution >= 4 is 11.6 Å². The summed E-state index contributed by atoms with van der Waals surface area (Å²) in [7, 11) is 1.37. The number of hydrogen-bond donors (Lipinski definition) is 0. The van der Waals surface area contributed by atoms with Crippen LogP contribution in [0.5, 0.6) is 0 Å². The topological polar surface area (TPSA) is 43.6 Å². The molecular formula is C16H14N2O2. The number of methoxy groups -OCH3 is 1. The smallest absolute Gasteiger partial charge is 0.338 e. The molecule has 0 aliphatic carbocycles. The van der Waals surface area contributed by atoms with E-state index in [9.17, 15) is 4.79 Å². The van der Waals surface area contributed by atoms with E-state index < -0.39 is 0 Å². The van der Waals surface area contributed by atoms with Gasteiger partial charge in [0.15, 0.2) is 0 Å². The fourth-order valence-electron chi connectivity index (χ4n) is 2.09. The lowest BCUT2D eigenvalue weighted by molar-refractivity contribution is 0.0600. The molecule has 0 unspecified atom stereocenters. The molecule has 0 aliphatic rings. The number of nitrogens with zero attached hydrogens (tertiary/aromatic N) is 2. The molecule has 0 spiro atoms. The lowest BCUT2D eigenvalue weighted by atomic mass is 10.1. The molecule has 0 amide bonds. The molecule has 0 atom stereocenters. The van der Waals surface area contributed by atoms with Crippen LogP contribution in [0.15, 0.2) is 48.8 Å². The lowest BCUT2D eigenvalue weighted by Gasteiger charge is -1.98. The first-order valence-corrected chi connectivity index (χ1v) is 6.31. The van der Waals surface area contributed by atoms with Gasteiger partial charge in [0.05, 0.1) is 18.4 Å². The van der Waals surface area contributed by atoms with Crippen molar-refractivity contribution in [2.75, 3.05) is 7.11 Å². The first kappa shape index (κ1) is 12.4. The van der Waals surface area contributed by atoms with E-state index in [-0.39, 0.29) is 5.97 Å². The molecule has 0 fully saturated rings. The average molecular weight is 266 g/mol. The van der Waals surface area contributed by atoms with Crippen molar-refractivity contribution in [3.63, 3.8) is 0 Å². The lowest BCUT2D eigenvalue weighted by Crippen LogP contribution is -2.01. The molecule has 2 heterocycles. The molecule has 0 N–H and O–H groups in total. The fraction of sp³-hybridized carbons (Fsp3) is 0.125. The van der Waals surface area contributed by atoms with Gasteiger partial charge in [-0.2, -0.15) is 0 Å². The molecule has 2 aromatic heterocycles. The van der Waals surface area contributed by atoms with Gasteiger partial charge in [-0.3, -0.25) is 0 Å². The molecule has 0 saturated heterocycles. The minimum absolute atomic E-state index is 0.354. The van der Waals surface area contributed by atoms with Crippen LogP contribution in [-0.2, 0) is 4.74 Å². The summed E-state index contributed by atoms with van der Waals surface area (Å²) in [5, 5.41) is 0. The molecule has 4 heteroatoms. The summed E-state index contributed by atoms with van der Waals surface area (Å²) in [6.45, 7) is 2.05. The van der Waals surface area contributed by atoms with Crippen molar-refractivity contribution in [2.45, 2.75) is 6.92 Å². The minimum atomic E-state index is -0.354. The second kappa shape index (κ2) is 4.81. The third-order valence-corrected chi connectivity index (χ3v) is 3.23. The molecule has 1 aromatic carbocycles. The van der Waals surface area contributed by atoms with Crippen LogP contribution in [-0.4, -0.2) is 22.5 Å². The highest BCUT2D eigenvalue weighted by Crippen LogP contribution is 2.20. The van der Waals surface area contributed by atoms with Crippen molar-refractivity contribution < 1.29 is 9.53 Å². The SMILES string of the molecule is COC(=O)c1ccn2cc(-c3ccc(C)cc3)nc2c1. The molecule has 100 valence electrons. The Balaban J connectivity index is 2.06. The van der Waals surface area contributed by atoms with Crippen LogP contribution in [0.3, 0.4) is 0 Å². The number of imidazole rings is 1. The number of pyridine rings is 1. The van der Waals surface area contributed by atoms with Gasteiger partial charge in [-0.15, -0.1) is 0 Å². The number of aromatic nitrogens is 2. The highest BCUT2D eigenvalue weighted by molar-refractivity contribution is 5.90. The maximum atomic E-state index is 11.5. The van der Waals surface area contributed by atoms with E-state index in [0.29, 0.717) is 5.56 Å². The van der Waals surface area contributed by atoms with Crippen LogP contribution < -0.4 is 0 Å². The number of hydrogen-bond acceptors (Lipinski definition) is 3. The fourth-order valence-corrected chi connectivity index (χ4v) is 2.09. The van der Waals surface area contributed by atoms with Crippen LogP contribution in [0, 0.1) is 6.92 Å². The van der Waals surface area contributed by atoms with E-state index in [0.717, 1.165) is 16.9 Å². The third kappa shape index (κ3) is 2.16. The van der Waals surface area contributed by atoms with Gasteiger partial charge in [-0.25, -0.2) is 9.78 Å². The van der Waals surface area contributed by atoms with Crippen molar-refractivity contribution in [3.8, 4) is 11.3 Å². The minimum Gasteiger partial charge on any atom is -0.465 e. The maximum absolute atomic E-state index is 11.5. The Kier molecular flexibility index (Phi) is 2.99. The molecular weight excluding hydrogens is 252 g/mol. The van der Waals surface area contributed by atoms with Gasteiger partial charge in [0.2, 0.25) is 0 Å². The van der Waals surface area contributed by atoms with E-state index >= 15 is 0 Å². The highest BCUT2D eigenvalue weighted by Gasteiger charge is 2.09. The quantitative estimate of drug-likeness (QED) is 0.669. The Bertz CT molecular complexity index is 773. The largest absolute Gasteiger partial charge is 0.465 e.